The molecule has 34 heteroatoms. The minimum absolute atomic E-state index is 0.0328. The van der Waals surface area contributed by atoms with Crippen molar-refractivity contribution in [3.05, 3.63) is 97.2 Å². The van der Waals surface area contributed by atoms with Gasteiger partial charge in [-0.2, -0.15) is 79.0 Å². The van der Waals surface area contributed by atoms with Crippen molar-refractivity contribution >= 4 is 47.8 Å². The Morgan fingerprint density at radius 1 is 0.318 bits per heavy atom. The molecule has 1 unspecified atom stereocenters. The molecule has 0 aliphatic heterocycles. The van der Waals surface area contributed by atoms with Gasteiger partial charge in [-0.3, -0.25) is 0 Å². The van der Waals surface area contributed by atoms with E-state index < -0.39 is 91.7 Å². The molecule has 0 amide bonds. The molecule has 0 heterocycles. The number of carbonyl (C=O) groups excluding carboxylic acids is 8. The van der Waals surface area contributed by atoms with E-state index in [4.69, 9.17) is 23.7 Å². The summed E-state index contributed by atoms with van der Waals surface area (Å²) >= 11 is 0. The van der Waals surface area contributed by atoms with Crippen LogP contribution in [0.2, 0.25) is 0 Å². The lowest BCUT2D eigenvalue weighted by Crippen LogP contribution is -2.62. The number of alkyl halides is 18. The standard InChI is InChI=1S/C16H30O2.C12H22O2.C9H7F9O2.C9H16O2.C8H8F6O2.2C8H14O2.C6H7F3O2/c1-4-5-6-7-8-9-10-11-12-13-14-18-16(17)15(2)3;1-5-7-8-11(6-2)9-14-12(13)10(3)4;1-4(2)5(19)20-3-6(10,11)7(12,13)8(14,15)9(16,17)18;1-7(2)8(10)11-6-9(3,4)5;1-4(2)6(15)16-3-5(7(9,10)11)8(12,13)14;1-6(2)5-10-8(9)7(3)4;1-4-5-6-10-8(9)7(2)3;1-4(2)5(10)11-3-6(7,8)9/h2,4-14H2,1,3H3;11H,3,5-9H2,1-2,4H3;1,3H2,2H3;1,6H2,2-5H3;5H,1,3H2,2H3;6H,3,5H2,1-2,4H3;2,4-6H2,1,3H3;1,3H2,2H3. The summed E-state index contributed by atoms with van der Waals surface area (Å²) in [6, 6.07) is 0. The van der Waals surface area contributed by atoms with E-state index in [9.17, 15) is 117 Å². The zero-order valence-electron chi connectivity index (χ0n) is 66.7. The van der Waals surface area contributed by atoms with Crippen molar-refractivity contribution in [3.63, 3.8) is 0 Å². The molecule has 0 fully saturated rings. The second kappa shape index (κ2) is 61.1. The van der Waals surface area contributed by atoms with Gasteiger partial charge in [0.05, 0.1) is 33.0 Å². The second-order valence-electron chi connectivity index (χ2n) is 26.5. The van der Waals surface area contributed by atoms with Crippen LogP contribution in [0.1, 0.15) is 220 Å². The maximum Gasteiger partial charge on any atom is 0.460 e. The Morgan fingerprint density at radius 2 is 0.591 bits per heavy atom. The van der Waals surface area contributed by atoms with Gasteiger partial charge in [0.25, 0.3) is 0 Å². The number of esters is 8. The maximum atomic E-state index is 12.8. The molecule has 0 aromatic carbocycles. The van der Waals surface area contributed by atoms with Gasteiger partial charge in [-0.05, 0) is 91.9 Å². The predicted octanol–water partition coefficient (Wildman–Crippen LogP) is 22.3. The van der Waals surface area contributed by atoms with E-state index in [1.807, 2.05) is 34.6 Å². The predicted molar refractivity (Wildman–Crippen MR) is 383 cm³/mol. The molecule has 0 aliphatic carbocycles. The van der Waals surface area contributed by atoms with E-state index >= 15 is 0 Å². The molecule has 0 aromatic rings. The van der Waals surface area contributed by atoms with Gasteiger partial charge in [0, 0.05) is 44.6 Å². The van der Waals surface area contributed by atoms with Crippen molar-refractivity contribution in [1.29, 1.82) is 0 Å². The highest BCUT2D eigenvalue weighted by Gasteiger charge is 2.82. The maximum absolute atomic E-state index is 12.8. The summed E-state index contributed by atoms with van der Waals surface area (Å²) in [6.07, 6.45) is -2.82. The molecule has 110 heavy (non-hydrogen) atoms. The monoisotopic (exact) mass is 1630 g/mol. The first kappa shape index (κ1) is 118. The van der Waals surface area contributed by atoms with Gasteiger partial charge < -0.3 is 37.9 Å². The van der Waals surface area contributed by atoms with Gasteiger partial charge in [0.2, 0.25) is 0 Å². The topological polar surface area (TPSA) is 210 Å². The third-order valence-corrected chi connectivity index (χ3v) is 12.6. The van der Waals surface area contributed by atoms with Crippen LogP contribution in [-0.4, -0.2) is 143 Å². The third-order valence-electron chi connectivity index (χ3n) is 12.6. The Hall–Kier alpha value is -7.58. The number of rotatable bonds is 38. The van der Waals surface area contributed by atoms with Crippen molar-refractivity contribution in [2.24, 2.45) is 23.2 Å². The van der Waals surface area contributed by atoms with Gasteiger partial charge in [0.15, 0.2) is 19.1 Å². The number of hydrogen-bond donors (Lipinski definition) is 0. The van der Waals surface area contributed by atoms with E-state index in [0.29, 0.717) is 72.7 Å². The molecule has 1 atom stereocenters. The van der Waals surface area contributed by atoms with Crippen LogP contribution >= 0.6 is 0 Å². The average Bonchev–Trinajstić information content (AvgIpc) is 0.746. The first-order chi connectivity index (χ1) is 49.7. The summed E-state index contributed by atoms with van der Waals surface area (Å²) in [6.45, 7) is 53.2. The van der Waals surface area contributed by atoms with Crippen molar-refractivity contribution < 1.29 is 155 Å². The number of halogens is 18. The molecular weight excluding hydrogens is 1510 g/mol. The van der Waals surface area contributed by atoms with Gasteiger partial charge in [-0.1, -0.05) is 198 Å². The molecule has 644 valence electrons. The van der Waals surface area contributed by atoms with Crippen molar-refractivity contribution in [2.75, 3.05) is 52.9 Å². The Labute approximate surface area is 637 Å². The number of hydrogen-bond acceptors (Lipinski definition) is 16. The zero-order valence-corrected chi connectivity index (χ0v) is 66.7. The average molecular weight is 1630 g/mol. The molecule has 0 bridgehead atoms. The highest BCUT2D eigenvalue weighted by molar-refractivity contribution is 5.89. The fraction of sp³-hybridized carbons (Fsp3) is 0.684. The van der Waals surface area contributed by atoms with E-state index in [0.717, 1.165) is 46.0 Å². The van der Waals surface area contributed by atoms with Crippen LogP contribution < -0.4 is 0 Å². The fourth-order valence-corrected chi connectivity index (χ4v) is 6.00. The molecule has 0 saturated heterocycles. The summed E-state index contributed by atoms with van der Waals surface area (Å²) in [5.74, 6) is -27.9. The Bertz CT molecular complexity index is 2740. The first-order valence-electron chi connectivity index (χ1n) is 34.7. The van der Waals surface area contributed by atoms with E-state index in [1.165, 1.54) is 77.6 Å². The summed E-state index contributed by atoms with van der Waals surface area (Å²) in [5.41, 5.74) is 1.53. The lowest BCUT2D eigenvalue weighted by atomic mass is 9.99. The smallest absolute Gasteiger partial charge is 0.460 e. The molecule has 0 spiro atoms. The largest absolute Gasteiger partial charge is 0.462 e. The number of ether oxygens (including phenoxy) is 8. The van der Waals surface area contributed by atoms with Crippen LogP contribution in [-0.2, 0) is 76.3 Å². The second-order valence-corrected chi connectivity index (χ2v) is 26.5. The van der Waals surface area contributed by atoms with E-state index in [2.05, 4.69) is 94.5 Å². The number of carbonyl (C=O) groups is 8. The van der Waals surface area contributed by atoms with Crippen LogP contribution in [0, 0.1) is 23.2 Å². The lowest BCUT2D eigenvalue weighted by molar-refractivity contribution is -0.398. The van der Waals surface area contributed by atoms with Crippen LogP contribution in [0.5, 0.6) is 0 Å². The van der Waals surface area contributed by atoms with Crippen molar-refractivity contribution in [1.82, 2.24) is 0 Å². The van der Waals surface area contributed by atoms with Gasteiger partial charge in [-0.15, -0.1) is 0 Å². The molecule has 0 saturated carbocycles. The van der Waals surface area contributed by atoms with E-state index in [1.54, 1.807) is 34.6 Å². The number of unbranched alkanes of at least 4 members (excludes halogenated alkanes) is 11. The zero-order chi connectivity index (χ0) is 88.6. The quantitative estimate of drug-likeness (QED) is 0.0185. The summed E-state index contributed by atoms with van der Waals surface area (Å²) < 4.78 is 252. The molecule has 0 N–H and O–H groups in total. The van der Waals surface area contributed by atoms with Gasteiger partial charge in [-0.25, -0.2) is 38.4 Å². The van der Waals surface area contributed by atoms with Crippen LogP contribution in [0.4, 0.5) is 79.0 Å². The summed E-state index contributed by atoms with van der Waals surface area (Å²) in [5, 5.41) is 0. The molecular formula is C76H118F18O16. The van der Waals surface area contributed by atoms with Crippen LogP contribution in [0.25, 0.3) is 0 Å². The van der Waals surface area contributed by atoms with Crippen molar-refractivity contribution in [3.8, 4) is 0 Å². The van der Waals surface area contributed by atoms with Crippen LogP contribution in [0.3, 0.4) is 0 Å². The summed E-state index contributed by atoms with van der Waals surface area (Å²) in [7, 11) is 0. The van der Waals surface area contributed by atoms with Crippen molar-refractivity contribution in [2.45, 2.75) is 263 Å². The summed E-state index contributed by atoms with van der Waals surface area (Å²) in [4.78, 5) is 86.2. The van der Waals surface area contributed by atoms with E-state index in [-0.39, 0.29) is 46.4 Å². The molecule has 0 aliphatic rings. The third kappa shape index (κ3) is 68.4. The lowest BCUT2D eigenvalue weighted by Gasteiger charge is -2.33. The molecule has 16 nitrogen and oxygen atoms in total. The van der Waals surface area contributed by atoms with Gasteiger partial charge >= 0.3 is 90.2 Å². The Balaban J connectivity index is -0.000000182. The molecule has 0 radical (unpaired) electrons. The Morgan fingerprint density at radius 3 is 0.873 bits per heavy atom. The fourth-order valence-electron chi connectivity index (χ4n) is 6.00. The Kier molecular flexibility index (Phi) is 65.6. The highest BCUT2D eigenvalue weighted by Crippen LogP contribution is 2.53. The highest BCUT2D eigenvalue weighted by atomic mass is 19.4. The minimum atomic E-state index is -7.00. The first-order valence-corrected chi connectivity index (χ1v) is 34.7. The molecule has 0 aromatic heterocycles. The SMILES string of the molecule is C=C(C)C(=O)OCC(C(F)(F)F)C(F)(F)F.C=C(C)C(=O)OCC(C)(C)C.C=C(C)C(=O)OCC(C)C.C=C(C)C(=O)OCC(CC)CCCC.C=C(C)C(=O)OCC(F)(F)C(F)(F)C(F)(F)C(F)(F)F.C=C(C)C(=O)OCC(F)(F)F.C=C(C)C(=O)OCCCC.C=C(C)C(=O)OCCCCCCCCCCCC. The minimum Gasteiger partial charge on any atom is -0.462 e. The normalized spacial score (nSPS) is 11.5. The van der Waals surface area contributed by atoms with Crippen LogP contribution in [0.15, 0.2) is 97.2 Å². The van der Waals surface area contributed by atoms with Gasteiger partial charge in [0.1, 0.15) is 6.61 Å². The molecule has 0 rings (SSSR count).